The highest BCUT2D eigenvalue weighted by molar-refractivity contribution is 7.98. The molecular weight excluding hydrogens is 468 g/mol. The second-order valence-corrected chi connectivity index (χ2v) is 8.43. The van der Waals surface area contributed by atoms with E-state index in [0.29, 0.717) is 39.3 Å². The van der Waals surface area contributed by atoms with Crippen LogP contribution in [0.2, 0.25) is 0 Å². The minimum absolute atomic E-state index is 0.377. The molecule has 35 heavy (non-hydrogen) atoms. The number of fused-ring (bicyclic) bond motifs is 1. The number of esters is 1. The molecule has 0 fully saturated rings. The van der Waals surface area contributed by atoms with Crippen LogP contribution >= 0.6 is 11.8 Å². The van der Waals surface area contributed by atoms with Crippen LogP contribution < -0.4 is 14.8 Å². The van der Waals surface area contributed by atoms with Crippen molar-refractivity contribution in [3.63, 3.8) is 0 Å². The molecule has 0 aliphatic carbocycles. The second-order valence-electron chi connectivity index (χ2n) is 7.50. The van der Waals surface area contributed by atoms with Gasteiger partial charge in [0.1, 0.15) is 5.52 Å². The van der Waals surface area contributed by atoms with Gasteiger partial charge in [0.25, 0.3) is 11.1 Å². The summed E-state index contributed by atoms with van der Waals surface area (Å²) in [6.07, 6.45) is -1.02. The average molecular weight is 493 g/mol. The fourth-order valence-electron chi connectivity index (χ4n) is 3.33. The number of anilines is 1. The third-order valence-electron chi connectivity index (χ3n) is 5.17. The van der Waals surface area contributed by atoms with Crippen molar-refractivity contribution < 1.29 is 28.2 Å². The van der Waals surface area contributed by atoms with Gasteiger partial charge in [-0.25, -0.2) is 9.78 Å². The molecule has 4 aromatic rings. The number of oxazole rings is 1. The van der Waals surface area contributed by atoms with Gasteiger partial charge < -0.3 is 23.9 Å². The van der Waals surface area contributed by atoms with Gasteiger partial charge in [-0.2, -0.15) is 0 Å². The fourth-order valence-corrected chi connectivity index (χ4v) is 4.18. The van der Waals surface area contributed by atoms with Crippen molar-refractivity contribution in [2.75, 3.05) is 19.5 Å². The van der Waals surface area contributed by atoms with Crippen LogP contribution in [0, 0.1) is 0 Å². The van der Waals surface area contributed by atoms with E-state index >= 15 is 0 Å². The quantitative estimate of drug-likeness (QED) is 0.247. The van der Waals surface area contributed by atoms with E-state index in [4.69, 9.17) is 18.6 Å². The van der Waals surface area contributed by atoms with Crippen LogP contribution in [0.15, 0.2) is 76.4 Å². The van der Waals surface area contributed by atoms with Gasteiger partial charge in [0.05, 0.1) is 19.8 Å². The van der Waals surface area contributed by atoms with Gasteiger partial charge in [0, 0.05) is 17.5 Å². The van der Waals surface area contributed by atoms with Gasteiger partial charge in [-0.1, -0.05) is 42.1 Å². The van der Waals surface area contributed by atoms with Crippen molar-refractivity contribution in [1.29, 1.82) is 0 Å². The molecule has 1 unspecified atom stereocenters. The minimum Gasteiger partial charge on any atom is -0.493 e. The van der Waals surface area contributed by atoms with E-state index < -0.39 is 18.0 Å². The number of nitrogens with one attached hydrogen (secondary N) is 1. The monoisotopic (exact) mass is 492 g/mol. The van der Waals surface area contributed by atoms with E-state index in [9.17, 15) is 9.59 Å². The number of methoxy groups -OCH3 is 2. The van der Waals surface area contributed by atoms with Crippen molar-refractivity contribution in [3.05, 3.63) is 77.9 Å². The zero-order valence-corrected chi connectivity index (χ0v) is 20.3. The molecule has 0 radical (unpaired) electrons. The van der Waals surface area contributed by atoms with Crippen LogP contribution in [0.1, 0.15) is 22.8 Å². The first-order valence-electron chi connectivity index (χ1n) is 10.8. The maximum absolute atomic E-state index is 12.9. The number of hydrogen-bond donors (Lipinski definition) is 1. The molecule has 0 bridgehead atoms. The zero-order valence-electron chi connectivity index (χ0n) is 19.4. The zero-order chi connectivity index (χ0) is 24.8. The number of aromatic nitrogens is 1. The van der Waals surface area contributed by atoms with Gasteiger partial charge in [-0.3, -0.25) is 4.79 Å². The van der Waals surface area contributed by atoms with Crippen molar-refractivity contribution in [1.82, 2.24) is 4.98 Å². The molecule has 0 saturated carbocycles. The lowest BCUT2D eigenvalue weighted by Gasteiger charge is -2.16. The number of hydrogen-bond acceptors (Lipinski definition) is 8. The van der Waals surface area contributed by atoms with E-state index in [-0.39, 0.29) is 0 Å². The van der Waals surface area contributed by atoms with Crippen LogP contribution in [-0.4, -0.2) is 37.2 Å². The van der Waals surface area contributed by atoms with Gasteiger partial charge in [-0.05, 0) is 42.8 Å². The van der Waals surface area contributed by atoms with Gasteiger partial charge in [0.2, 0.25) is 0 Å². The van der Waals surface area contributed by atoms with Crippen LogP contribution in [-0.2, 0) is 15.3 Å². The fraction of sp³-hybridized carbons (Fsp3) is 0.192. The van der Waals surface area contributed by atoms with Crippen LogP contribution in [0.25, 0.3) is 11.1 Å². The molecule has 1 heterocycles. The van der Waals surface area contributed by atoms with Crippen LogP contribution in [0.3, 0.4) is 0 Å². The first-order valence-corrected chi connectivity index (χ1v) is 11.8. The number of amides is 1. The molecule has 0 aliphatic heterocycles. The van der Waals surface area contributed by atoms with E-state index in [2.05, 4.69) is 10.3 Å². The normalized spacial score (nSPS) is 11.6. The smallest absolute Gasteiger partial charge is 0.339 e. The highest BCUT2D eigenvalue weighted by atomic mass is 32.2. The van der Waals surface area contributed by atoms with E-state index in [1.807, 2.05) is 36.4 Å². The topological polar surface area (TPSA) is 99.9 Å². The van der Waals surface area contributed by atoms with Crippen molar-refractivity contribution in [2.45, 2.75) is 24.0 Å². The number of ether oxygens (including phenoxy) is 3. The lowest BCUT2D eigenvalue weighted by Crippen LogP contribution is -2.30. The van der Waals surface area contributed by atoms with Crippen molar-refractivity contribution in [2.24, 2.45) is 0 Å². The molecular formula is C26H24N2O6S. The van der Waals surface area contributed by atoms with Crippen LogP contribution in [0.4, 0.5) is 5.69 Å². The Hall–Kier alpha value is -3.98. The lowest BCUT2D eigenvalue weighted by atomic mass is 10.1. The summed E-state index contributed by atoms with van der Waals surface area (Å²) in [4.78, 5) is 30.0. The Morgan fingerprint density at radius 2 is 1.74 bits per heavy atom. The molecule has 0 saturated heterocycles. The second kappa shape index (κ2) is 11.0. The molecule has 1 atom stereocenters. The third kappa shape index (κ3) is 5.75. The van der Waals surface area contributed by atoms with Gasteiger partial charge in [0.15, 0.2) is 23.2 Å². The summed E-state index contributed by atoms with van der Waals surface area (Å²) in [7, 11) is 3.04. The number of carbonyl (C=O) groups excluding carboxylic acids is 2. The lowest BCUT2D eigenvalue weighted by molar-refractivity contribution is -0.123. The van der Waals surface area contributed by atoms with Crippen molar-refractivity contribution >= 4 is 40.4 Å². The molecule has 8 nitrogen and oxygen atoms in total. The Balaban J connectivity index is 1.39. The van der Waals surface area contributed by atoms with Gasteiger partial charge >= 0.3 is 5.97 Å². The number of benzene rings is 3. The van der Waals surface area contributed by atoms with E-state index in [0.717, 1.165) is 11.1 Å². The molecule has 0 aliphatic rings. The molecule has 0 spiro atoms. The summed E-state index contributed by atoms with van der Waals surface area (Å²) in [5, 5.41) is 3.23. The highest BCUT2D eigenvalue weighted by Crippen LogP contribution is 2.30. The first-order chi connectivity index (χ1) is 17.0. The summed E-state index contributed by atoms with van der Waals surface area (Å²) >= 11 is 1.38. The molecule has 3 aromatic carbocycles. The minimum atomic E-state index is -1.02. The predicted octanol–water partition coefficient (Wildman–Crippen LogP) is 5.32. The summed E-state index contributed by atoms with van der Waals surface area (Å²) in [6, 6.07) is 19.6. The van der Waals surface area contributed by atoms with Crippen molar-refractivity contribution in [3.8, 4) is 11.5 Å². The molecule has 1 N–H and O–H groups in total. The maximum atomic E-state index is 12.9. The molecule has 1 aromatic heterocycles. The number of rotatable bonds is 9. The molecule has 180 valence electrons. The molecule has 9 heteroatoms. The molecule has 1 amide bonds. The van der Waals surface area contributed by atoms with E-state index in [1.165, 1.54) is 32.9 Å². The number of nitrogens with zero attached hydrogens (tertiary/aromatic N) is 1. The standard InChI is InChI=1S/C26H24N2O6S/c1-16(24(29)27-18-12-13-22(31-2)23(14-18)32-3)33-25(30)19-9-5-4-8-17(19)15-35-26-28-20-10-6-7-11-21(20)34-26/h4-14,16H,15H2,1-3H3,(H,27,29). The summed E-state index contributed by atoms with van der Waals surface area (Å²) in [6.45, 7) is 1.52. The average Bonchev–Trinajstić information content (AvgIpc) is 3.30. The Kier molecular flexibility index (Phi) is 7.57. The predicted molar refractivity (Wildman–Crippen MR) is 133 cm³/mol. The Bertz CT molecular complexity index is 1320. The Morgan fingerprint density at radius 1 is 1.00 bits per heavy atom. The summed E-state index contributed by atoms with van der Waals surface area (Å²) < 4.78 is 21.7. The maximum Gasteiger partial charge on any atom is 0.339 e. The van der Waals surface area contributed by atoms with Crippen LogP contribution in [0.5, 0.6) is 11.5 Å². The summed E-state index contributed by atoms with van der Waals surface area (Å²) in [5.41, 5.74) is 3.10. The summed E-state index contributed by atoms with van der Waals surface area (Å²) in [5.74, 6) is 0.403. The van der Waals surface area contributed by atoms with Gasteiger partial charge in [-0.15, -0.1) is 0 Å². The Morgan fingerprint density at radius 3 is 2.51 bits per heavy atom. The third-order valence-corrected chi connectivity index (χ3v) is 6.04. The van der Waals surface area contributed by atoms with E-state index in [1.54, 1.807) is 30.3 Å². The SMILES string of the molecule is COc1ccc(NC(=O)C(C)OC(=O)c2ccccc2CSc2nc3ccccc3o2)cc1OC. The number of thioether (sulfide) groups is 1. The molecule has 4 rings (SSSR count). The first kappa shape index (κ1) is 24.2. The Labute approximate surface area is 206 Å². The number of carbonyl (C=O) groups is 2. The number of para-hydroxylation sites is 2. The highest BCUT2D eigenvalue weighted by Gasteiger charge is 2.21. The largest absolute Gasteiger partial charge is 0.493 e.